The lowest BCUT2D eigenvalue weighted by atomic mass is 10.1. The summed E-state index contributed by atoms with van der Waals surface area (Å²) in [5.41, 5.74) is 7.91. The van der Waals surface area contributed by atoms with Gasteiger partial charge in [-0.3, -0.25) is 9.78 Å². The van der Waals surface area contributed by atoms with Crippen LogP contribution in [0.25, 0.3) is 10.9 Å². The highest BCUT2D eigenvalue weighted by atomic mass is 16.5. The number of rotatable bonds is 3. The zero-order valence-corrected chi connectivity index (χ0v) is 11.5. The van der Waals surface area contributed by atoms with Crippen molar-refractivity contribution in [1.82, 2.24) is 10.1 Å². The van der Waals surface area contributed by atoms with E-state index < -0.39 is 0 Å². The minimum absolute atomic E-state index is 0.173. The predicted molar refractivity (Wildman–Crippen MR) is 79.7 cm³/mol. The first-order valence-corrected chi connectivity index (χ1v) is 6.48. The number of hydrogen-bond donors (Lipinski definition) is 2. The minimum atomic E-state index is -0.189. The van der Waals surface area contributed by atoms with E-state index in [0.29, 0.717) is 23.0 Å². The SMILES string of the molecule is Cc1cc(NC(=O)Cc2ccc3cc(N)ccc3n2)no1. The Kier molecular flexibility index (Phi) is 3.27. The van der Waals surface area contributed by atoms with Crippen molar-refractivity contribution in [1.29, 1.82) is 0 Å². The third-order valence-electron chi connectivity index (χ3n) is 3.01. The molecule has 21 heavy (non-hydrogen) atoms. The second kappa shape index (κ2) is 5.24. The molecular formula is C15H14N4O2. The van der Waals surface area contributed by atoms with Gasteiger partial charge in [-0.05, 0) is 31.2 Å². The van der Waals surface area contributed by atoms with Gasteiger partial charge < -0.3 is 15.6 Å². The maximum atomic E-state index is 11.9. The number of hydrogen-bond acceptors (Lipinski definition) is 5. The number of carbonyl (C=O) groups is 1. The summed E-state index contributed by atoms with van der Waals surface area (Å²) in [5, 5.41) is 7.33. The molecule has 0 aliphatic heterocycles. The van der Waals surface area contributed by atoms with Crippen LogP contribution in [0.2, 0.25) is 0 Å². The van der Waals surface area contributed by atoms with Gasteiger partial charge >= 0.3 is 0 Å². The number of benzene rings is 1. The average molecular weight is 282 g/mol. The summed E-state index contributed by atoms with van der Waals surface area (Å²) < 4.78 is 4.89. The standard InChI is InChI=1S/C15H14N4O2/c1-9-6-14(19-21-9)18-15(20)8-12-4-2-10-7-11(16)3-5-13(10)17-12/h2-7H,8,16H2,1H3,(H,18,19,20). The number of nitrogen functional groups attached to an aromatic ring is 1. The molecule has 0 aliphatic carbocycles. The van der Waals surface area contributed by atoms with E-state index in [9.17, 15) is 4.79 Å². The van der Waals surface area contributed by atoms with Crippen LogP contribution in [0.1, 0.15) is 11.5 Å². The molecule has 0 unspecified atom stereocenters. The molecule has 3 aromatic rings. The van der Waals surface area contributed by atoms with E-state index in [1.165, 1.54) is 0 Å². The van der Waals surface area contributed by atoms with E-state index in [1.807, 2.05) is 24.3 Å². The molecule has 0 atom stereocenters. The van der Waals surface area contributed by atoms with E-state index in [2.05, 4.69) is 15.5 Å². The van der Waals surface area contributed by atoms with E-state index in [0.717, 1.165) is 10.9 Å². The van der Waals surface area contributed by atoms with Crippen LogP contribution in [0.3, 0.4) is 0 Å². The molecule has 1 amide bonds. The Morgan fingerprint density at radius 1 is 1.29 bits per heavy atom. The first-order chi connectivity index (χ1) is 10.1. The summed E-state index contributed by atoms with van der Waals surface area (Å²) in [6.07, 6.45) is 0.173. The van der Waals surface area contributed by atoms with Crippen LogP contribution in [0.5, 0.6) is 0 Å². The van der Waals surface area contributed by atoms with Gasteiger partial charge in [0.25, 0.3) is 0 Å². The zero-order valence-electron chi connectivity index (χ0n) is 11.5. The summed E-state index contributed by atoms with van der Waals surface area (Å²) in [6.45, 7) is 1.76. The van der Waals surface area contributed by atoms with Crippen molar-refractivity contribution < 1.29 is 9.32 Å². The number of fused-ring (bicyclic) bond motifs is 1. The van der Waals surface area contributed by atoms with Crippen molar-refractivity contribution in [3.63, 3.8) is 0 Å². The molecule has 0 saturated carbocycles. The molecule has 2 aromatic heterocycles. The topological polar surface area (TPSA) is 94.0 Å². The third kappa shape index (κ3) is 3.00. The lowest BCUT2D eigenvalue weighted by molar-refractivity contribution is -0.115. The minimum Gasteiger partial charge on any atom is -0.399 e. The fourth-order valence-electron chi connectivity index (χ4n) is 2.06. The molecule has 3 rings (SSSR count). The van der Waals surface area contributed by atoms with Crippen molar-refractivity contribution in [3.8, 4) is 0 Å². The van der Waals surface area contributed by atoms with Crippen molar-refractivity contribution in [2.75, 3.05) is 11.1 Å². The van der Waals surface area contributed by atoms with Crippen LogP contribution in [0.4, 0.5) is 11.5 Å². The number of nitrogens with two attached hydrogens (primary N) is 1. The maximum Gasteiger partial charge on any atom is 0.231 e. The summed E-state index contributed by atoms with van der Waals surface area (Å²) in [7, 11) is 0. The van der Waals surface area contributed by atoms with Gasteiger partial charge in [-0.15, -0.1) is 0 Å². The molecule has 1 aromatic carbocycles. The third-order valence-corrected chi connectivity index (χ3v) is 3.01. The van der Waals surface area contributed by atoms with Gasteiger partial charge in [-0.1, -0.05) is 11.2 Å². The van der Waals surface area contributed by atoms with E-state index in [4.69, 9.17) is 10.3 Å². The molecule has 106 valence electrons. The smallest absolute Gasteiger partial charge is 0.231 e. The van der Waals surface area contributed by atoms with Crippen molar-refractivity contribution >= 4 is 28.3 Å². The monoisotopic (exact) mass is 282 g/mol. The Morgan fingerprint density at radius 3 is 2.90 bits per heavy atom. The summed E-state index contributed by atoms with van der Waals surface area (Å²) in [6, 6.07) is 10.9. The average Bonchev–Trinajstić information content (AvgIpc) is 2.84. The van der Waals surface area contributed by atoms with Crippen LogP contribution in [-0.4, -0.2) is 16.0 Å². The highest BCUT2D eigenvalue weighted by Crippen LogP contribution is 2.16. The Morgan fingerprint density at radius 2 is 2.14 bits per heavy atom. The second-order valence-corrected chi connectivity index (χ2v) is 4.80. The number of nitrogens with zero attached hydrogens (tertiary/aromatic N) is 2. The molecule has 0 spiro atoms. The molecule has 0 aliphatic rings. The van der Waals surface area contributed by atoms with Gasteiger partial charge in [0, 0.05) is 17.1 Å². The highest BCUT2D eigenvalue weighted by Gasteiger charge is 2.08. The first-order valence-electron chi connectivity index (χ1n) is 6.48. The van der Waals surface area contributed by atoms with Crippen LogP contribution >= 0.6 is 0 Å². The van der Waals surface area contributed by atoms with Gasteiger partial charge in [0.15, 0.2) is 5.82 Å². The maximum absolute atomic E-state index is 11.9. The predicted octanol–water partition coefficient (Wildman–Crippen LogP) is 2.29. The van der Waals surface area contributed by atoms with Crippen molar-refractivity contribution in [2.24, 2.45) is 0 Å². The number of carbonyl (C=O) groups excluding carboxylic acids is 1. The van der Waals surface area contributed by atoms with Gasteiger partial charge in [0.2, 0.25) is 5.91 Å². The zero-order chi connectivity index (χ0) is 14.8. The summed E-state index contributed by atoms with van der Waals surface area (Å²) in [4.78, 5) is 16.4. The van der Waals surface area contributed by atoms with E-state index in [1.54, 1.807) is 19.1 Å². The number of aromatic nitrogens is 2. The number of anilines is 2. The molecule has 0 radical (unpaired) electrons. The molecule has 3 N–H and O–H groups in total. The molecule has 0 bridgehead atoms. The van der Waals surface area contributed by atoms with Gasteiger partial charge in [0.1, 0.15) is 5.76 Å². The van der Waals surface area contributed by atoms with E-state index in [-0.39, 0.29) is 12.3 Å². The van der Waals surface area contributed by atoms with Crippen LogP contribution in [0, 0.1) is 6.92 Å². The lowest BCUT2D eigenvalue weighted by Crippen LogP contribution is -2.15. The number of aryl methyl sites for hydroxylation is 1. The first kappa shape index (κ1) is 13.1. The van der Waals surface area contributed by atoms with Crippen LogP contribution in [0.15, 0.2) is 40.9 Å². The fourth-order valence-corrected chi connectivity index (χ4v) is 2.06. The summed E-state index contributed by atoms with van der Waals surface area (Å²) in [5.74, 6) is 0.864. The molecule has 2 heterocycles. The normalized spacial score (nSPS) is 10.7. The fraction of sp³-hybridized carbons (Fsp3) is 0.133. The largest absolute Gasteiger partial charge is 0.399 e. The molecular weight excluding hydrogens is 268 g/mol. The van der Waals surface area contributed by atoms with E-state index >= 15 is 0 Å². The molecule has 6 heteroatoms. The summed E-state index contributed by atoms with van der Waals surface area (Å²) >= 11 is 0. The van der Waals surface area contributed by atoms with Crippen LogP contribution in [-0.2, 0) is 11.2 Å². The molecule has 0 saturated heterocycles. The second-order valence-electron chi connectivity index (χ2n) is 4.80. The Balaban J connectivity index is 1.75. The van der Waals surface area contributed by atoms with Gasteiger partial charge in [0.05, 0.1) is 17.6 Å². The Bertz CT molecular complexity index is 810. The molecule has 0 fully saturated rings. The quantitative estimate of drug-likeness (QED) is 0.719. The van der Waals surface area contributed by atoms with Crippen molar-refractivity contribution in [3.05, 3.63) is 47.9 Å². The highest BCUT2D eigenvalue weighted by molar-refractivity contribution is 5.91. The van der Waals surface area contributed by atoms with Crippen LogP contribution < -0.4 is 11.1 Å². The van der Waals surface area contributed by atoms with Gasteiger partial charge in [-0.2, -0.15) is 0 Å². The lowest BCUT2D eigenvalue weighted by Gasteiger charge is -2.04. The molecule has 6 nitrogen and oxygen atoms in total. The Hall–Kier alpha value is -2.89. The Labute approximate surface area is 121 Å². The number of nitrogens with one attached hydrogen (secondary N) is 1. The number of pyridine rings is 1. The van der Waals surface area contributed by atoms with Gasteiger partial charge in [-0.25, -0.2) is 0 Å². The van der Waals surface area contributed by atoms with Crippen molar-refractivity contribution in [2.45, 2.75) is 13.3 Å². The number of amides is 1.